The van der Waals surface area contributed by atoms with Crippen LogP contribution in [0.5, 0.6) is 0 Å². The monoisotopic (exact) mass is 260 g/mol. The van der Waals surface area contributed by atoms with Gasteiger partial charge >= 0.3 is 12.0 Å². The molecule has 0 rings (SSSR count). The quantitative estimate of drug-likeness (QED) is 0.425. The Bertz CT molecular complexity index is 357. The van der Waals surface area contributed by atoms with E-state index < -0.39 is 36.3 Å². The van der Waals surface area contributed by atoms with Crippen molar-refractivity contribution < 1.29 is 24.3 Å². The predicted octanol–water partition coefficient (Wildman–Crippen LogP) is -2.30. The molecule has 9 nitrogen and oxygen atoms in total. The van der Waals surface area contributed by atoms with E-state index in [1.807, 2.05) is 0 Å². The molecule has 0 unspecified atom stereocenters. The standard InChI is InChI=1S/C9H16N4O5/c1-11-7(15)4-13(2)9(18)12-5(8(16)17)3-6(10)14/h5H,3-4H2,1-2H3,(H2,10,14)(H,11,15)(H,12,18)(H,16,17)/t5-/m1/s1. The molecule has 0 saturated carbocycles. The lowest BCUT2D eigenvalue weighted by Gasteiger charge is -2.20. The maximum Gasteiger partial charge on any atom is 0.326 e. The highest BCUT2D eigenvalue weighted by Gasteiger charge is 2.24. The van der Waals surface area contributed by atoms with Crippen LogP contribution in [0.25, 0.3) is 0 Å². The summed E-state index contributed by atoms with van der Waals surface area (Å²) in [5.74, 6) is -2.64. The average molecular weight is 260 g/mol. The molecule has 0 fully saturated rings. The number of carboxylic acid groups (broad SMARTS) is 1. The van der Waals surface area contributed by atoms with Gasteiger partial charge in [-0.15, -0.1) is 0 Å². The topological polar surface area (TPSA) is 142 Å². The van der Waals surface area contributed by atoms with Gasteiger partial charge in [0.1, 0.15) is 12.6 Å². The summed E-state index contributed by atoms with van der Waals surface area (Å²) in [6, 6.07) is -2.20. The van der Waals surface area contributed by atoms with Crippen LogP contribution in [0.4, 0.5) is 4.79 Å². The Hall–Kier alpha value is -2.32. The van der Waals surface area contributed by atoms with E-state index in [1.165, 1.54) is 14.1 Å². The second-order valence-electron chi connectivity index (χ2n) is 3.54. The molecule has 18 heavy (non-hydrogen) atoms. The van der Waals surface area contributed by atoms with Crippen LogP contribution in [0.15, 0.2) is 0 Å². The minimum atomic E-state index is -1.41. The van der Waals surface area contributed by atoms with Crippen molar-refractivity contribution in [2.45, 2.75) is 12.5 Å². The van der Waals surface area contributed by atoms with Gasteiger partial charge in [-0.25, -0.2) is 9.59 Å². The molecular weight excluding hydrogens is 244 g/mol. The average Bonchev–Trinajstić information content (AvgIpc) is 2.26. The number of amides is 4. The number of nitrogens with one attached hydrogen (secondary N) is 2. The Kier molecular flexibility index (Phi) is 6.18. The first kappa shape index (κ1) is 15.7. The van der Waals surface area contributed by atoms with Gasteiger partial charge in [0.05, 0.1) is 6.42 Å². The lowest BCUT2D eigenvalue weighted by Crippen LogP contribution is -2.50. The van der Waals surface area contributed by atoms with Gasteiger partial charge in [-0.2, -0.15) is 0 Å². The number of hydrogen-bond donors (Lipinski definition) is 4. The minimum absolute atomic E-state index is 0.231. The zero-order valence-electron chi connectivity index (χ0n) is 10.1. The maximum absolute atomic E-state index is 11.5. The lowest BCUT2D eigenvalue weighted by molar-refractivity contribution is -0.140. The predicted molar refractivity (Wildman–Crippen MR) is 60.5 cm³/mol. The number of nitrogens with two attached hydrogens (primary N) is 1. The van der Waals surface area contributed by atoms with Gasteiger partial charge in [0.25, 0.3) is 0 Å². The molecule has 0 saturated heterocycles. The summed E-state index contributed by atoms with van der Waals surface area (Å²) in [7, 11) is 2.72. The number of carbonyl (C=O) groups excluding carboxylic acids is 3. The minimum Gasteiger partial charge on any atom is -0.480 e. The van der Waals surface area contributed by atoms with Gasteiger partial charge in [-0.05, 0) is 0 Å². The van der Waals surface area contributed by atoms with Crippen LogP contribution in [-0.2, 0) is 14.4 Å². The normalized spacial score (nSPS) is 11.2. The highest BCUT2D eigenvalue weighted by Crippen LogP contribution is 1.94. The van der Waals surface area contributed by atoms with Gasteiger partial charge in [0, 0.05) is 14.1 Å². The molecule has 0 aromatic carbocycles. The zero-order valence-corrected chi connectivity index (χ0v) is 10.1. The largest absolute Gasteiger partial charge is 0.480 e. The second-order valence-corrected chi connectivity index (χ2v) is 3.54. The van der Waals surface area contributed by atoms with E-state index in [0.29, 0.717) is 0 Å². The van der Waals surface area contributed by atoms with E-state index >= 15 is 0 Å². The summed E-state index contributed by atoms with van der Waals surface area (Å²) in [5.41, 5.74) is 4.85. The van der Waals surface area contributed by atoms with Crippen molar-refractivity contribution in [3.63, 3.8) is 0 Å². The number of likely N-dealkylation sites (N-methyl/N-ethyl adjacent to an activating group) is 2. The van der Waals surface area contributed by atoms with Crippen LogP contribution in [0, 0.1) is 0 Å². The summed E-state index contributed by atoms with van der Waals surface area (Å²) >= 11 is 0. The van der Waals surface area contributed by atoms with Gasteiger partial charge in [0.2, 0.25) is 11.8 Å². The van der Waals surface area contributed by atoms with E-state index in [1.54, 1.807) is 0 Å². The van der Waals surface area contributed by atoms with E-state index in [9.17, 15) is 19.2 Å². The summed E-state index contributed by atoms with van der Waals surface area (Å²) < 4.78 is 0. The molecule has 9 heteroatoms. The Balaban J connectivity index is 4.45. The molecule has 0 aliphatic heterocycles. The highest BCUT2D eigenvalue weighted by atomic mass is 16.4. The van der Waals surface area contributed by atoms with E-state index in [-0.39, 0.29) is 6.54 Å². The smallest absolute Gasteiger partial charge is 0.326 e. The van der Waals surface area contributed by atoms with Crippen molar-refractivity contribution in [3.05, 3.63) is 0 Å². The second kappa shape index (κ2) is 7.09. The molecule has 0 radical (unpaired) electrons. The summed E-state index contributed by atoms with van der Waals surface area (Å²) in [5, 5.41) is 13.2. The molecular formula is C9H16N4O5. The fourth-order valence-corrected chi connectivity index (χ4v) is 1.03. The highest BCUT2D eigenvalue weighted by molar-refractivity contribution is 5.89. The number of carbonyl (C=O) groups is 4. The summed E-state index contributed by atoms with van der Waals surface area (Å²) in [4.78, 5) is 44.9. The van der Waals surface area contributed by atoms with Crippen LogP contribution in [-0.4, -0.2) is 60.5 Å². The molecule has 0 aliphatic carbocycles. The van der Waals surface area contributed by atoms with Crippen LogP contribution < -0.4 is 16.4 Å². The summed E-state index contributed by atoms with van der Waals surface area (Å²) in [6.07, 6.45) is -0.519. The Morgan fingerprint density at radius 2 is 1.89 bits per heavy atom. The van der Waals surface area contributed by atoms with Gasteiger partial charge in [-0.3, -0.25) is 9.59 Å². The van der Waals surface area contributed by atoms with Crippen molar-refractivity contribution >= 4 is 23.8 Å². The van der Waals surface area contributed by atoms with Crippen molar-refractivity contribution in [1.29, 1.82) is 0 Å². The number of nitrogens with zero attached hydrogens (tertiary/aromatic N) is 1. The number of hydrogen-bond acceptors (Lipinski definition) is 4. The van der Waals surface area contributed by atoms with Gasteiger partial charge < -0.3 is 26.4 Å². The Labute approximate surface area is 103 Å². The first-order valence-corrected chi connectivity index (χ1v) is 5.01. The van der Waals surface area contributed by atoms with Gasteiger partial charge in [0.15, 0.2) is 0 Å². The number of rotatable bonds is 6. The fraction of sp³-hybridized carbons (Fsp3) is 0.556. The molecule has 102 valence electrons. The third kappa shape index (κ3) is 5.68. The molecule has 0 heterocycles. The maximum atomic E-state index is 11.5. The van der Waals surface area contributed by atoms with Crippen LogP contribution in [0.3, 0.4) is 0 Å². The number of aliphatic carboxylic acids is 1. The van der Waals surface area contributed by atoms with E-state index in [4.69, 9.17) is 10.8 Å². The molecule has 0 aliphatic rings. The summed E-state index contributed by atoms with van der Waals surface area (Å²) in [6.45, 7) is -0.231. The van der Waals surface area contributed by atoms with E-state index in [0.717, 1.165) is 4.90 Å². The molecule has 1 atom stereocenters. The van der Waals surface area contributed by atoms with Crippen LogP contribution >= 0.6 is 0 Å². The van der Waals surface area contributed by atoms with Crippen molar-refractivity contribution in [2.75, 3.05) is 20.6 Å². The van der Waals surface area contributed by atoms with E-state index in [2.05, 4.69) is 10.6 Å². The third-order valence-electron chi connectivity index (χ3n) is 2.01. The van der Waals surface area contributed by atoms with Crippen molar-refractivity contribution in [3.8, 4) is 0 Å². The molecule has 5 N–H and O–H groups in total. The van der Waals surface area contributed by atoms with Crippen LogP contribution in [0.1, 0.15) is 6.42 Å². The number of urea groups is 1. The molecule has 4 amide bonds. The molecule has 0 bridgehead atoms. The fourth-order valence-electron chi connectivity index (χ4n) is 1.03. The SMILES string of the molecule is CNC(=O)CN(C)C(=O)N[C@H](CC(N)=O)C(=O)O. The van der Waals surface area contributed by atoms with Crippen molar-refractivity contribution in [1.82, 2.24) is 15.5 Å². The molecule has 0 aromatic rings. The first-order valence-electron chi connectivity index (χ1n) is 5.01. The number of carboxylic acids is 1. The van der Waals surface area contributed by atoms with Crippen molar-refractivity contribution in [2.24, 2.45) is 5.73 Å². The first-order chi connectivity index (χ1) is 8.27. The van der Waals surface area contributed by atoms with Crippen LogP contribution in [0.2, 0.25) is 0 Å². The van der Waals surface area contributed by atoms with Gasteiger partial charge in [-0.1, -0.05) is 0 Å². The molecule has 0 spiro atoms. The number of primary amides is 1. The molecule has 0 aromatic heterocycles. The third-order valence-corrected chi connectivity index (χ3v) is 2.01. The Morgan fingerprint density at radius 3 is 2.28 bits per heavy atom. The Morgan fingerprint density at radius 1 is 1.33 bits per heavy atom. The lowest BCUT2D eigenvalue weighted by atomic mass is 10.2. The zero-order chi connectivity index (χ0) is 14.3.